The van der Waals surface area contributed by atoms with E-state index in [2.05, 4.69) is 26.3 Å². The monoisotopic (exact) mass is 248 g/mol. The van der Waals surface area contributed by atoms with Crippen LogP contribution in [0, 0.1) is 0 Å². The number of aromatic nitrogens is 2. The van der Waals surface area contributed by atoms with Gasteiger partial charge in [-0.25, -0.2) is 9.97 Å². The lowest BCUT2D eigenvalue weighted by Gasteiger charge is -2.36. The molecular weight excluding hydrogens is 232 g/mol. The number of hydrogen-bond donors (Lipinski definition) is 1. The molecule has 0 aliphatic carbocycles. The van der Waals surface area contributed by atoms with E-state index in [0.717, 1.165) is 22.6 Å². The molecule has 1 aliphatic heterocycles. The molecule has 1 atom stereocenters. The van der Waals surface area contributed by atoms with E-state index in [1.165, 1.54) is 19.3 Å². The van der Waals surface area contributed by atoms with E-state index < -0.39 is 0 Å². The zero-order chi connectivity index (χ0) is 11.7. The summed E-state index contributed by atoms with van der Waals surface area (Å²) >= 11 is 1.67. The molecule has 17 heavy (non-hydrogen) atoms. The first kappa shape index (κ1) is 10.9. The number of fused-ring (bicyclic) bond motifs is 1. The third-order valence-corrected chi connectivity index (χ3v) is 4.23. The van der Waals surface area contributed by atoms with Crippen LogP contribution in [0.15, 0.2) is 17.8 Å². The predicted molar refractivity (Wildman–Crippen MR) is 71.5 cm³/mol. The van der Waals surface area contributed by atoms with E-state index >= 15 is 0 Å². The van der Waals surface area contributed by atoms with Gasteiger partial charge in [0.15, 0.2) is 0 Å². The van der Waals surface area contributed by atoms with Crippen LogP contribution in [-0.2, 0) is 0 Å². The summed E-state index contributed by atoms with van der Waals surface area (Å²) in [6.45, 7) is 1.76. The molecule has 2 aromatic heterocycles. The van der Waals surface area contributed by atoms with Crippen molar-refractivity contribution in [3.8, 4) is 0 Å². The Morgan fingerprint density at radius 3 is 3.24 bits per heavy atom. The van der Waals surface area contributed by atoms with Crippen molar-refractivity contribution in [1.82, 2.24) is 9.97 Å². The van der Waals surface area contributed by atoms with Crippen molar-refractivity contribution in [2.24, 2.45) is 5.73 Å². The lowest BCUT2D eigenvalue weighted by molar-refractivity contribution is 0.463. The van der Waals surface area contributed by atoms with Gasteiger partial charge >= 0.3 is 0 Å². The fraction of sp³-hybridized carbons (Fsp3) is 0.500. The summed E-state index contributed by atoms with van der Waals surface area (Å²) in [5.74, 6) is 1.06. The zero-order valence-corrected chi connectivity index (χ0v) is 10.5. The topological polar surface area (TPSA) is 55.0 Å². The number of rotatable bonds is 2. The van der Waals surface area contributed by atoms with Gasteiger partial charge in [0, 0.05) is 19.1 Å². The van der Waals surface area contributed by atoms with Gasteiger partial charge in [0.25, 0.3) is 0 Å². The third-order valence-electron chi connectivity index (χ3n) is 3.41. The molecule has 0 aromatic carbocycles. The van der Waals surface area contributed by atoms with Crippen LogP contribution in [0.1, 0.15) is 19.3 Å². The Hall–Kier alpha value is -1.20. The van der Waals surface area contributed by atoms with Gasteiger partial charge in [0.1, 0.15) is 17.0 Å². The van der Waals surface area contributed by atoms with Crippen LogP contribution in [0.4, 0.5) is 5.82 Å². The van der Waals surface area contributed by atoms with Gasteiger partial charge < -0.3 is 10.6 Å². The summed E-state index contributed by atoms with van der Waals surface area (Å²) in [4.78, 5) is 12.2. The standard InChI is InChI=1S/C12H16N4S/c13-7-9-3-1-2-5-16(9)11-10-4-6-17-12(10)15-8-14-11/h4,6,8-9H,1-3,5,7,13H2. The fourth-order valence-corrected chi connectivity index (χ4v) is 3.26. The molecule has 0 radical (unpaired) electrons. The highest BCUT2D eigenvalue weighted by Crippen LogP contribution is 2.30. The van der Waals surface area contributed by atoms with Gasteiger partial charge in [0.05, 0.1) is 5.39 Å². The number of hydrogen-bond acceptors (Lipinski definition) is 5. The summed E-state index contributed by atoms with van der Waals surface area (Å²) in [5.41, 5.74) is 5.87. The van der Waals surface area contributed by atoms with Gasteiger partial charge in [-0.2, -0.15) is 0 Å². The molecule has 1 fully saturated rings. The van der Waals surface area contributed by atoms with Crippen molar-refractivity contribution in [2.75, 3.05) is 18.0 Å². The SMILES string of the molecule is NCC1CCCCN1c1ncnc2sccc12. The second-order valence-electron chi connectivity index (χ2n) is 4.42. The molecule has 0 amide bonds. The number of piperidine rings is 1. The molecule has 90 valence electrons. The van der Waals surface area contributed by atoms with Crippen LogP contribution in [0.5, 0.6) is 0 Å². The van der Waals surface area contributed by atoms with Crippen molar-refractivity contribution in [2.45, 2.75) is 25.3 Å². The molecule has 2 N–H and O–H groups in total. The maximum absolute atomic E-state index is 5.87. The summed E-state index contributed by atoms with van der Waals surface area (Å²) in [6.07, 6.45) is 5.34. The molecule has 3 heterocycles. The highest BCUT2D eigenvalue weighted by atomic mass is 32.1. The molecular formula is C12H16N4S. The van der Waals surface area contributed by atoms with E-state index in [0.29, 0.717) is 12.6 Å². The van der Waals surface area contributed by atoms with Crippen LogP contribution in [0.25, 0.3) is 10.2 Å². The smallest absolute Gasteiger partial charge is 0.141 e. The Labute approximate surface area is 104 Å². The Balaban J connectivity index is 2.04. The number of thiophene rings is 1. The average molecular weight is 248 g/mol. The van der Waals surface area contributed by atoms with Crippen molar-refractivity contribution < 1.29 is 0 Å². The first-order valence-electron chi connectivity index (χ1n) is 6.05. The molecule has 3 rings (SSSR count). The lowest BCUT2D eigenvalue weighted by Crippen LogP contribution is -2.44. The Morgan fingerprint density at radius 1 is 1.41 bits per heavy atom. The van der Waals surface area contributed by atoms with Crippen LogP contribution in [0.2, 0.25) is 0 Å². The summed E-state index contributed by atoms with van der Waals surface area (Å²) < 4.78 is 0. The number of nitrogens with zero attached hydrogens (tertiary/aromatic N) is 3. The molecule has 4 nitrogen and oxygen atoms in total. The van der Waals surface area contributed by atoms with E-state index in [9.17, 15) is 0 Å². The van der Waals surface area contributed by atoms with E-state index in [1.54, 1.807) is 17.7 Å². The quantitative estimate of drug-likeness (QED) is 0.883. The van der Waals surface area contributed by atoms with Gasteiger partial charge in [-0.05, 0) is 30.7 Å². The van der Waals surface area contributed by atoms with Gasteiger partial charge in [-0.1, -0.05) is 0 Å². The largest absolute Gasteiger partial charge is 0.352 e. The second-order valence-corrected chi connectivity index (χ2v) is 5.31. The summed E-state index contributed by atoms with van der Waals surface area (Å²) in [6, 6.07) is 2.54. The Bertz CT molecular complexity index is 510. The minimum Gasteiger partial charge on any atom is -0.352 e. The van der Waals surface area contributed by atoms with Crippen molar-refractivity contribution >= 4 is 27.4 Å². The molecule has 0 spiro atoms. The summed E-state index contributed by atoms with van der Waals surface area (Å²) in [5, 5.41) is 3.24. The highest BCUT2D eigenvalue weighted by Gasteiger charge is 2.24. The molecule has 1 aliphatic rings. The Kier molecular flexibility index (Phi) is 2.94. The molecule has 5 heteroatoms. The van der Waals surface area contributed by atoms with E-state index in [1.807, 2.05) is 0 Å². The first-order chi connectivity index (χ1) is 8.40. The number of nitrogens with two attached hydrogens (primary N) is 1. The van der Waals surface area contributed by atoms with Crippen molar-refractivity contribution in [3.05, 3.63) is 17.8 Å². The first-order valence-corrected chi connectivity index (χ1v) is 6.93. The third kappa shape index (κ3) is 1.89. The summed E-state index contributed by atoms with van der Waals surface area (Å²) in [7, 11) is 0. The van der Waals surface area contributed by atoms with E-state index in [4.69, 9.17) is 5.73 Å². The van der Waals surface area contributed by atoms with Crippen LogP contribution < -0.4 is 10.6 Å². The lowest BCUT2D eigenvalue weighted by atomic mass is 10.0. The second kappa shape index (κ2) is 4.58. The maximum Gasteiger partial charge on any atom is 0.141 e. The average Bonchev–Trinajstić information content (AvgIpc) is 2.86. The Morgan fingerprint density at radius 2 is 2.35 bits per heavy atom. The predicted octanol–water partition coefficient (Wildman–Crippen LogP) is 2.01. The molecule has 0 saturated carbocycles. The van der Waals surface area contributed by atoms with Crippen LogP contribution >= 0.6 is 11.3 Å². The fourth-order valence-electron chi connectivity index (χ4n) is 2.53. The van der Waals surface area contributed by atoms with Gasteiger partial charge in [-0.3, -0.25) is 0 Å². The highest BCUT2D eigenvalue weighted by molar-refractivity contribution is 7.16. The molecule has 0 bridgehead atoms. The number of anilines is 1. The molecule has 1 saturated heterocycles. The maximum atomic E-state index is 5.87. The normalized spacial score (nSPS) is 21.0. The van der Waals surface area contributed by atoms with Crippen LogP contribution in [-0.4, -0.2) is 29.1 Å². The van der Waals surface area contributed by atoms with Crippen molar-refractivity contribution in [3.63, 3.8) is 0 Å². The minimum absolute atomic E-state index is 0.432. The zero-order valence-electron chi connectivity index (χ0n) is 9.67. The van der Waals surface area contributed by atoms with E-state index in [-0.39, 0.29) is 0 Å². The minimum atomic E-state index is 0.432. The van der Waals surface area contributed by atoms with Gasteiger partial charge in [-0.15, -0.1) is 11.3 Å². The van der Waals surface area contributed by atoms with Crippen molar-refractivity contribution in [1.29, 1.82) is 0 Å². The van der Waals surface area contributed by atoms with Crippen LogP contribution in [0.3, 0.4) is 0 Å². The molecule has 2 aromatic rings. The molecule has 1 unspecified atom stereocenters. The van der Waals surface area contributed by atoms with Gasteiger partial charge in [0.2, 0.25) is 0 Å².